The van der Waals surface area contributed by atoms with Crippen LogP contribution in [0.2, 0.25) is 0 Å². The molecule has 0 amide bonds. The van der Waals surface area contributed by atoms with E-state index in [2.05, 4.69) is 20.0 Å². The zero-order valence-electron chi connectivity index (χ0n) is 9.19. The zero-order valence-corrected chi connectivity index (χ0v) is 10.8. The molecule has 0 aliphatic carbocycles. The molecule has 9 heteroatoms. The SMILES string of the molecule is CON=C(C(=O)Oc1nccs1)c1csc(N)n1. The first kappa shape index (κ1) is 12.5. The maximum atomic E-state index is 11.9. The summed E-state index contributed by atoms with van der Waals surface area (Å²) in [5, 5.41) is 7.44. The van der Waals surface area contributed by atoms with Gasteiger partial charge in [-0.15, -0.1) is 11.3 Å². The lowest BCUT2D eigenvalue weighted by Gasteiger charge is -2.01. The van der Waals surface area contributed by atoms with Crippen LogP contribution < -0.4 is 10.5 Å². The molecule has 2 aromatic rings. The molecule has 94 valence electrons. The third-order valence-corrected chi connectivity index (χ3v) is 3.05. The lowest BCUT2D eigenvalue weighted by molar-refractivity contribution is -0.127. The number of carbonyl (C=O) groups is 1. The summed E-state index contributed by atoms with van der Waals surface area (Å²) in [4.78, 5) is 24.3. The minimum absolute atomic E-state index is 0.0550. The molecule has 0 saturated carbocycles. The van der Waals surface area contributed by atoms with Crippen molar-refractivity contribution in [3.05, 3.63) is 22.7 Å². The van der Waals surface area contributed by atoms with Crippen LogP contribution in [0.25, 0.3) is 0 Å². The Bertz CT molecular complexity index is 564. The molecule has 0 atom stereocenters. The van der Waals surface area contributed by atoms with Crippen molar-refractivity contribution in [2.45, 2.75) is 0 Å². The molecule has 0 saturated heterocycles. The molecule has 2 N–H and O–H groups in total. The fourth-order valence-electron chi connectivity index (χ4n) is 1.06. The molecule has 2 aromatic heterocycles. The highest BCUT2D eigenvalue weighted by atomic mass is 32.1. The number of hydrogen-bond acceptors (Lipinski definition) is 9. The van der Waals surface area contributed by atoms with Crippen molar-refractivity contribution in [3.63, 3.8) is 0 Å². The van der Waals surface area contributed by atoms with E-state index in [-0.39, 0.29) is 10.9 Å². The number of rotatable bonds is 4. The summed E-state index contributed by atoms with van der Waals surface area (Å²) in [5.41, 5.74) is 5.75. The number of carbonyl (C=O) groups excluding carboxylic acids is 1. The number of esters is 1. The lowest BCUT2D eigenvalue weighted by Crippen LogP contribution is -2.22. The number of nitrogen functional groups attached to an aromatic ring is 1. The summed E-state index contributed by atoms with van der Waals surface area (Å²) in [7, 11) is 1.33. The number of hydrogen-bond donors (Lipinski definition) is 1. The molecule has 18 heavy (non-hydrogen) atoms. The number of thiazole rings is 2. The largest absolute Gasteiger partial charge is 0.398 e. The van der Waals surface area contributed by atoms with E-state index in [1.807, 2.05) is 0 Å². The van der Waals surface area contributed by atoms with Gasteiger partial charge in [-0.1, -0.05) is 16.5 Å². The molecule has 0 aromatic carbocycles. The van der Waals surface area contributed by atoms with Crippen LogP contribution >= 0.6 is 22.7 Å². The Morgan fingerprint density at radius 2 is 2.33 bits per heavy atom. The molecular weight excluding hydrogens is 276 g/mol. The minimum atomic E-state index is -0.697. The van der Waals surface area contributed by atoms with Crippen LogP contribution in [0.1, 0.15) is 5.69 Å². The zero-order chi connectivity index (χ0) is 13.0. The van der Waals surface area contributed by atoms with Gasteiger partial charge in [0.25, 0.3) is 5.19 Å². The normalized spacial score (nSPS) is 11.3. The molecule has 0 aliphatic rings. The minimum Gasteiger partial charge on any atom is -0.398 e. The van der Waals surface area contributed by atoms with Crippen LogP contribution in [-0.4, -0.2) is 28.8 Å². The van der Waals surface area contributed by atoms with Crippen LogP contribution in [0.15, 0.2) is 22.1 Å². The first-order valence-electron chi connectivity index (χ1n) is 4.65. The molecule has 0 aliphatic heterocycles. The van der Waals surface area contributed by atoms with Gasteiger partial charge < -0.3 is 15.3 Å². The smallest absolute Gasteiger partial charge is 0.370 e. The second kappa shape index (κ2) is 5.56. The maximum absolute atomic E-state index is 11.9. The van der Waals surface area contributed by atoms with Gasteiger partial charge in [-0.2, -0.15) is 0 Å². The maximum Gasteiger partial charge on any atom is 0.370 e. The van der Waals surface area contributed by atoms with E-state index in [0.29, 0.717) is 10.8 Å². The number of nitrogens with two attached hydrogens (primary N) is 1. The second-order valence-corrected chi connectivity index (χ2v) is 4.63. The topological polar surface area (TPSA) is 99.7 Å². The summed E-state index contributed by atoms with van der Waals surface area (Å²) in [6.45, 7) is 0. The third-order valence-electron chi connectivity index (χ3n) is 1.73. The standard InChI is InChI=1S/C9H8N4O3S2/c1-15-13-6(5-4-18-8(10)12-5)7(14)16-9-11-2-3-17-9/h2-4H,1H3,(H2,10,12). The third kappa shape index (κ3) is 2.81. The van der Waals surface area contributed by atoms with Gasteiger partial charge >= 0.3 is 5.97 Å². The highest BCUT2D eigenvalue weighted by Crippen LogP contribution is 2.16. The highest BCUT2D eigenvalue weighted by Gasteiger charge is 2.21. The van der Waals surface area contributed by atoms with E-state index in [4.69, 9.17) is 10.5 Å². The summed E-state index contributed by atoms with van der Waals surface area (Å²) >= 11 is 2.39. The van der Waals surface area contributed by atoms with E-state index in [9.17, 15) is 4.79 Å². The summed E-state index contributed by atoms with van der Waals surface area (Å²) in [6.07, 6.45) is 1.53. The second-order valence-electron chi connectivity index (χ2n) is 2.88. The number of anilines is 1. The Hall–Kier alpha value is -2.00. The summed E-state index contributed by atoms with van der Waals surface area (Å²) in [6, 6.07) is 0. The van der Waals surface area contributed by atoms with Gasteiger partial charge in [-0.3, -0.25) is 0 Å². The van der Waals surface area contributed by atoms with Crippen molar-refractivity contribution in [2.75, 3.05) is 12.8 Å². The van der Waals surface area contributed by atoms with Crippen molar-refractivity contribution in [3.8, 4) is 5.19 Å². The molecule has 7 nitrogen and oxygen atoms in total. The highest BCUT2D eigenvalue weighted by molar-refractivity contribution is 7.13. The average Bonchev–Trinajstić information content (AvgIpc) is 2.97. The fourth-order valence-corrected chi connectivity index (χ4v) is 2.10. The molecule has 0 spiro atoms. The Kier molecular flexibility index (Phi) is 3.85. The molecule has 0 bridgehead atoms. The van der Waals surface area contributed by atoms with Gasteiger partial charge in [0, 0.05) is 17.0 Å². The Morgan fingerprint density at radius 1 is 1.50 bits per heavy atom. The van der Waals surface area contributed by atoms with Gasteiger partial charge in [0.15, 0.2) is 5.13 Å². The summed E-state index contributed by atoms with van der Waals surface area (Å²) < 4.78 is 5.01. The quantitative estimate of drug-likeness (QED) is 0.513. The van der Waals surface area contributed by atoms with Gasteiger partial charge in [-0.05, 0) is 0 Å². The van der Waals surface area contributed by atoms with Crippen LogP contribution in [0, 0.1) is 0 Å². The van der Waals surface area contributed by atoms with Crippen LogP contribution in [0.4, 0.5) is 5.13 Å². The van der Waals surface area contributed by atoms with Crippen molar-refractivity contribution >= 4 is 39.5 Å². The predicted octanol–water partition coefficient (Wildman–Crippen LogP) is 1.14. The van der Waals surface area contributed by atoms with Crippen molar-refractivity contribution < 1.29 is 14.4 Å². The number of aromatic nitrogens is 2. The van der Waals surface area contributed by atoms with E-state index >= 15 is 0 Å². The van der Waals surface area contributed by atoms with Gasteiger partial charge in [0.05, 0.1) is 0 Å². The number of ether oxygens (including phenoxy) is 1. The predicted molar refractivity (Wildman–Crippen MR) is 67.8 cm³/mol. The molecule has 2 heterocycles. The number of nitrogens with zero attached hydrogens (tertiary/aromatic N) is 3. The summed E-state index contributed by atoms with van der Waals surface area (Å²) in [5.74, 6) is -0.697. The van der Waals surface area contributed by atoms with Crippen molar-refractivity contribution in [1.82, 2.24) is 9.97 Å². The first-order chi connectivity index (χ1) is 8.70. The Morgan fingerprint density at radius 3 is 2.89 bits per heavy atom. The van der Waals surface area contributed by atoms with Crippen LogP contribution in [-0.2, 0) is 9.63 Å². The van der Waals surface area contributed by atoms with Gasteiger partial charge in [0.1, 0.15) is 12.8 Å². The fraction of sp³-hybridized carbons (Fsp3) is 0.111. The van der Waals surface area contributed by atoms with E-state index in [1.54, 1.807) is 10.8 Å². The lowest BCUT2D eigenvalue weighted by atomic mass is 10.3. The van der Waals surface area contributed by atoms with Gasteiger partial charge in [0.2, 0.25) is 5.71 Å². The molecule has 0 radical (unpaired) electrons. The molecular formula is C9H8N4O3S2. The van der Waals surface area contributed by atoms with Crippen LogP contribution in [0.5, 0.6) is 5.19 Å². The molecule has 0 unspecified atom stereocenters. The van der Waals surface area contributed by atoms with E-state index in [0.717, 1.165) is 0 Å². The van der Waals surface area contributed by atoms with Crippen LogP contribution in [0.3, 0.4) is 0 Å². The molecule has 2 rings (SSSR count). The first-order valence-corrected chi connectivity index (χ1v) is 6.41. The van der Waals surface area contributed by atoms with E-state index in [1.165, 1.54) is 36.0 Å². The van der Waals surface area contributed by atoms with E-state index < -0.39 is 5.97 Å². The van der Waals surface area contributed by atoms with Gasteiger partial charge in [-0.25, -0.2) is 14.8 Å². The average molecular weight is 284 g/mol. The molecule has 0 fully saturated rings. The monoisotopic (exact) mass is 284 g/mol. The number of oxime groups is 1. The Labute approximate surface area is 110 Å². The Balaban J connectivity index is 2.21. The van der Waals surface area contributed by atoms with Crippen molar-refractivity contribution in [2.24, 2.45) is 5.16 Å². The van der Waals surface area contributed by atoms with Crippen molar-refractivity contribution in [1.29, 1.82) is 0 Å².